The number of sulfonamides is 1. The van der Waals surface area contributed by atoms with E-state index < -0.39 is 74.6 Å². The van der Waals surface area contributed by atoms with Crippen molar-refractivity contribution in [2.75, 3.05) is 32.9 Å². The van der Waals surface area contributed by atoms with Crippen LogP contribution < -0.4 is 21.3 Å². The highest BCUT2D eigenvalue weighted by Crippen LogP contribution is 2.46. The lowest BCUT2D eigenvalue weighted by Gasteiger charge is -2.38. The summed E-state index contributed by atoms with van der Waals surface area (Å²) in [6.07, 6.45) is 6.42. The summed E-state index contributed by atoms with van der Waals surface area (Å²) in [4.78, 5) is 69.5. The van der Waals surface area contributed by atoms with E-state index >= 15 is 0 Å². The van der Waals surface area contributed by atoms with E-state index in [4.69, 9.17) is 0 Å². The van der Waals surface area contributed by atoms with Crippen molar-refractivity contribution in [1.82, 2.24) is 30.5 Å². The molecule has 0 aromatic rings. The van der Waals surface area contributed by atoms with Crippen molar-refractivity contribution in [1.29, 1.82) is 0 Å². The Bertz CT molecular complexity index is 1350. The van der Waals surface area contributed by atoms with Crippen LogP contribution in [0.15, 0.2) is 12.7 Å². The van der Waals surface area contributed by atoms with Gasteiger partial charge in [0, 0.05) is 32.7 Å². The number of rotatable bonds is 14. The van der Waals surface area contributed by atoms with Gasteiger partial charge in [-0.25, -0.2) is 17.5 Å². The number of carbonyl (C=O) groups is 5. The van der Waals surface area contributed by atoms with Gasteiger partial charge in [0.15, 0.2) is 0 Å². The van der Waals surface area contributed by atoms with E-state index in [0.29, 0.717) is 13.0 Å². The summed E-state index contributed by atoms with van der Waals surface area (Å²) in [5, 5.41) is 11.1. The van der Waals surface area contributed by atoms with Crippen LogP contribution in [0.5, 0.6) is 0 Å². The minimum atomic E-state index is -3.50. The van der Waals surface area contributed by atoms with Gasteiger partial charge >= 0.3 is 6.03 Å². The van der Waals surface area contributed by atoms with Crippen LogP contribution in [-0.2, 0) is 29.2 Å². The third kappa shape index (κ3) is 10.0. The number of Topliss-reactive ketones (excluding diaryl/α,β-unsaturated/α-hetero) is 1. The molecule has 272 valence electrons. The van der Waals surface area contributed by atoms with E-state index in [1.54, 1.807) is 4.90 Å². The highest BCUT2D eigenvalue weighted by Gasteiger charge is 2.54. The molecular weight excluding hydrogens is 636 g/mol. The van der Waals surface area contributed by atoms with Gasteiger partial charge in [0.1, 0.15) is 12.1 Å². The van der Waals surface area contributed by atoms with Gasteiger partial charge in [-0.1, -0.05) is 73.8 Å². The number of nitrogens with one attached hydrogen (secondary N) is 4. The maximum absolute atomic E-state index is 14.5. The van der Waals surface area contributed by atoms with Crippen LogP contribution in [-0.4, -0.2) is 104 Å². The summed E-state index contributed by atoms with van der Waals surface area (Å²) in [7, 11) is -2.06. The van der Waals surface area contributed by atoms with E-state index in [2.05, 4.69) is 34.8 Å². The molecule has 0 spiro atoms. The van der Waals surface area contributed by atoms with Crippen LogP contribution >= 0.6 is 0 Å². The van der Waals surface area contributed by atoms with E-state index in [1.807, 2.05) is 41.5 Å². The van der Waals surface area contributed by atoms with Gasteiger partial charge < -0.3 is 26.2 Å². The Kier molecular flexibility index (Phi) is 12.5. The Labute approximate surface area is 286 Å². The summed E-state index contributed by atoms with van der Waals surface area (Å²) < 4.78 is 25.4. The van der Waals surface area contributed by atoms with Crippen LogP contribution in [0.1, 0.15) is 80.6 Å². The molecule has 7 atom stereocenters. The van der Waals surface area contributed by atoms with Gasteiger partial charge in [0.2, 0.25) is 27.6 Å². The second-order valence-corrected chi connectivity index (χ2v) is 18.4. The number of nitrogens with zero attached hydrogens (tertiary/aromatic N) is 2. The first-order chi connectivity index (χ1) is 22.1. The van der Waals surface area contributed by atoms with Crippen molar-refractivity contribution in [3.8, 4) is 0 Å². The lowest BCUT2D eigenvalue weighted by Crippen LogP contribution is -2.62. The molecular formula is C34H58N6O7S. The van der Waals surface area contributed by atoms with Crippen LogP contribution in [0, 0.1) is 34.5 Å². The molecule has 48 heavy (non-hydrogen) atoms. The normalized spacial score (nSPS) is 24.7. The highest BCUT2D eigenvalue weighted by atomic mass is 32.2. The minimum Gasteiger partial charge on any atom is -0.346 e. The highest BCUT2D eigenvalue weighted by molar-refractivity contribution is 7.88. The Morgan fingerprint density at radius 3 is 2.08 bits per heavy atom. The minimum absolute atomic E-state index is 0.0336. The molecule has 2 saturated carbocycles. The van der Waals surface area contributed by atoms with Crippen molar-refractivity contribution in [2.45, 2.75) is 105 Å². The zero-order valence-corrected chi connectivity index (χ0v) is 31.0. The average Bonchev–Trinajstić information content (AvgIpc) is 3.59. The SMILES string of the molecule is C=CCNC(=O)C(=O)C(CC1CC1)NC(=O)[C@@H]1[C@H]2CCC(C)[C@H]2CN1C(=O)[C@@H](NC(=O)N[C@H](CN(C)S(C)(=O)=O)C(C)(C)C)C(C)(C)C. The fraction of sp³-hybridized carbons (Fsp3) is 0.794. The van der Waals surface area contributed by atoms with E-state index in [9.17, 15) is 32.4 Å². The zero-order valence-electron chi connectivity index (χ0n) is 30.2. The second-order valence-electron chi connectivity index (χ2n) is 16.3. The number of carbonyl (C=O) groups excluding carboxylic acids is 5. The van der Waals surface area contributed by atoms with Crippen molar-refractivity contribution in [3.63, 3.8) is 0 Å². The molecule has 2 aliphatic carbocycles. The Hall–Kier alpha value is -3.00. The lowest BCUT2D eigenvalue weighted by atomic mass is 9.85. The monoisotopic (exact) mass is 694 g/mol. The first-order valence-corrected chi connectivity index (χ1v) is 18.9. The van der Waals surface area contributed by atoms with Gasteiger partial charge in [-0.15, -0.1) is 6.58 Å². The fourth-order valence-electron chi connectivity index (χ4n) is 6.81. The number of likely N-dealkylation sites (tertiary alicyclic amines) is 1. The quantitative estimate of drug-likeness (QED) is 0.159. The molecule has 0 bridgehead atoms. The number of urea groups is 1. The first-order valence-electron chi connectivity index (χ1n) is 17.1. The number of ketones is 1. The van der Waals surface area contributed by atoms with Gasteiger partial charge in [0.05, 0.1) is 12.3 Å². The summed E-state index contributed by atoms with van der Waals surface area (Å²) in [5.41, 5.74) is -1.27. The zero-order chi connectivity index (χ0) is 36.4. The fourth-order valence-corrected chi connectivity index (χ4v) is 7.23. The molecule has 0 radical (unpaired) electrons. The van der Waals surface area contributed by atoms with Crippen molar-refractivity contribution >= 4 is 39.6 Å². The maximum atomic E-state index is 14.5. The molecule has 3 fully saturated rings. The Morgan fingerprint density at radius 1 is 0.938 bits per heavy atom. The summed E-state index contributed by atoms with van der Waals surface area (Å²) in [5.74, 6) is -1.90. The number of likely N-dealkylation sites (N-methyl/N-ethyl adjacent to an activating group) is 1. The Balaban J connectivity index is 1.86. The van der Waals surface area contributed by atoms with E-state index in [1.165, 1.54) is 17.4 Å². The largest absolute Gasteiger partial charge is 0.346 e. The molecule has 5 amide bonds. The van der Waals surface area contributed by atoms with Crippen molar-refractivity contribution in [2.24, 2.45) is 34.5 Å². The van der Waals surface area contributed by atoms with Crippen LogP contribution in [0.4, 0.5) is 4.79 Å². The van der Waals surface area contributed by atoms with Crippen molar-refractivity contribution in [3.05, 3.63) is 12.7 Å². The summed E-state index contributed by atoms with van der Waals surface area (Å²) >= 11 is 0. The van der Waals surface area contributed by atoms with Crippen LogP contribution in [0.2, 0.25) is 0 Å². The molecule has 4 N–H and O–H groups in total. The predicted molar refractivity (Wildman–Crippen MR) is 184 cm³/mol. The topological polar surface area (TPSA) is 174 Å². The molecule has 1 aliphatic heterocycles. The standard InChI is InChI=1S/C34H58N6O7S/c1-11-16-35-30(43)27(41)24(17-21-13-14-21)36-29(42)26-22-15-12-20(2)23(22)18-40(26)31(44)28(34(6,7)8)38-32(45)37-25(33(3,4)5)19-39(9)48(10,46)47/h11,20-26,28H,1,12-19H2,2-10H3,(H,35,43)(H,36,42)(H2,37,38,45)/t20?,22-,23+,24?,25+,26-,28+/m0/s1. The maximum Gasteiger partial charge on any atom is 0.315 e. The molecule has 1 heterocycles. The Morgan fingerprint density at radius 2 is 1.56 bits per heavy atom. The summed E-state index contributed by atoms with van der Waals surface area (Å²) in [6.45, 7) is 17.3. The molecule has 3 rings (SSSR count). The third-order valence-electron chi connectivity index (χ3n) is 10.2. The van der Waals surface area contributed by atoms with Gasteiger partial charge in [-0.05, 0) is 47.3 Å². The number of fused-ring (bicyclic) bond motifs is 1. The smallest absolute Gasteiger partial charge is 0.315 e. The third-order valence-corrected chi connectivity index (χ3v) is 11.5. The van der Waals surface area contributed by atoms with Crippen molar-refractivity contribution < 1.29 is 32.4 Å². The molecule has 2 unspecified atom stereocenters. The van der Waals surface area contributed by atoms with E-state index in [-0.39, 0.29) is 36.8 Å². The summed E-state index contributed by atoms with van der Waals surface area (Å²) in [6, 6.07) is -4.10. The van der Waals surface area contributed by atoms with Gasteiger partial charge in [0.25, 0.3) is 5.91 Å². The molecule has 13 nitrogen and oxygen atoms in total. The molecule has 3 aliphatic rings. The van der Waals surface area contributed by atoms with E-state index in [0.717, 1.165) is 31.9 Å². The lowest BCUT2D eigenvalue weighted by molar-refractivity contribution is -0.144. The number of hydrogen-bond donors (Lipinski definition) is 4. The van der Waals surface area contributed by atoms with Gasteiger partial charge in [-0.2, -0.15) is 0 Å². The van der Waals surface area contributed by atoms with Crippen LogP contribution in [0.3, 0.4) is 0 Å². The van der Waals surface area contributed by atoms with Crippen LogP contribution in [0.25, 0.3) is 0 Å². The molecule has 0 aromatic carbocycles. The number of amides is 5. The predicted octanol–water partition coefficient (Wildman–Crippen LogP) is 2.04. The average molecular weight is 695 g/mol. The molecule has 14 heteroatoms. The second kappa shape index (κ2) is 15.3. The molecule has 0 aromatic heterocycles. The first kappa shape index (κ1) is 39.4. The number of hydrogen-bond acceptors (Lipinski definition) is 7. The molecule has 1 saturated heterocycles. The van der Waals surface area contributed by atoms with Gasteiger partial charge in [-0.3, -0.25) is 19.2 Å².